The first-order valence-corrected chi connectivity index (χ1v) is 11.0. The molecule has 0 rings (SSSR count). The summed E-state index contributed by atoms with van der Waals surface area (Å²) in [5.41, 5.74) is 0. The molecule has 0 heterocycles. The highest BCUT2D eigenvalue weighted by Crippen LogP contribution is 2.35. The van der Waals surface area contributed by atoms with Gasteiger partial charge in [-0.3, -0.25) is 4.57 Å². The molecule has 0 bridgehead atoms. The van der Waals surface area contributed by atoms with Gasteiger partial charge in [-0.25, -0.2) is 0 Å². The quantitative estimate of drug-likeness (QED) is 0.264. The first-order chi connectivity index (χ1) is 9.56. The van der Waals surface area contributed by atoms with Gasteiger partial charge in [0, 0.05) is 31.4 Å². The van der Waals surface area contributed by atoms with Crippen molar-refractivity contribution in [2.24, 2.45) is 0 Å². The normalized spacial score (nSPS) is 14.3. The van der Waals surface area contributed by atoms with Gasteiger partial charge >= 0.3 is 7.60 Å². The van der Waals surface area contributed by atoms with E-state index in [9.17, 15) is 4.57 Å². The van der Waals surface area contributed by atoms with E-state index < -0.39 is 7.60 Å². The smallest absolute Gasteiger partial charge is 0.325 e. The van der Waals surface area contributed by atoms with Crippen molar-refractivity contribution in [3.05, 3.63) is 0 Å². The Hall–Kier alpha value is 0.730. The summed E-state index contributed by atoms with van der Waals surface area (Å²) in [6, 6.07) is 0. The second-order valence-electron chi connectivity index (χ2n) is 3.94. The summed E-state index contributed by atoms with van der Waals surface area (Å²) in [4.78, 5) is 8.86. The van der Waals surface area contributed by atoms with E-state index in [1.165, 1.54) is 0 Å². The summed E-state index contributed by atoms with van der Waals surface area (Å²) in [6.45, 7) is 3.50. The number of ether oxygens (including phenoxy) is 2. The molecular weight excluding hydrogens is 323 g/mol. The summed E-state index contributed by atoms with van der Waals surface area (Å²) in [5.74, 6) is 2.04. The molecule has 2 N–H and O–H groups in total. The summed E-state index contributed by atoms with van der Waals surface area (Å²) >= 11 is 0. The fourth-order valence-corrected chi connectivity index (χ4v) is 3.63. The first-order valence-electron chi connectivity index (χ1n) is 6.52. The fraction of sp³-hybridized carbons (Fsp3) is 1.00. The van der Waals surface area contributed by atoms with Crippen molar-refractivity contribution in [1.29, 1.82) is 0 Å². The zero-order chi connectivity index (χ0) is 15.1. The molecule has 0 radical (unpaired) electrons. The van der Waals surface area contributed by atoms with Gasteiger partial charge in [0.2, 0.25) is 0 Å². The van der Waals surface area contributed by atoms with Crippen LogP contribution < -0.4 is 0 Å². The Balaban J connectivity index is 3.01. The maximum absolute atomic E-state index is 10.8. The second kappa shape index (κ2) is 14.7. The van der Waals surface area contributed by atoms with Gasteiger partial charge in [-0.15, -0.1) is 0 Å². The Morgan fingerprint density at radius 3 is 2.00 bits per heavy atom. The third-order valence-electron chi connectivity index (χ3n) is 1.91. The molecule has 1 atom stereocenters. The Bertz CT molecular complexity index is 251. The number of hydrogen-bond donors (Lipinski definition) is 2. The van der Waals surface area contributed by atoms with Crippen molar-refractivity contribution in [3.8, 4) is 0 Å². The molecule has 0 aromatic heterocycles. The first kappa shape index (κ1) is 20.7. The van der Waals surface area contributed by atoms with Crippen LogP contribution in [0.3, 0.4) is 0 Å². The predicted molar refractivity (Wildman–Crippen MR) is 84.6 cm³/mol. The van der Waals surface area contributed by atoms with E-state index in [0.717, 1.165) is 31.0 Å². The zero-order valence-electron chi connectivity index (χ0n) is 11.9. The van der Waals surface area contributed by atoms with Crippen molar-refractivity contribution in [3.63, 3.8) is 0 Å². The van der Waals surface area contributed by atoms with Crippen LogP contribution in [-0.2, 0) is 18.6 Å². The highest BCUT2D eigenvalue weighted by Gasteiger charge is 2.08. The van der Waals surface area contributed by atoms with E-state index >= 15 is 0 Å². The Morgan fingerprint density at radius 1 is 0.950 bits per heavy atom. The van der Waals surface area contributed by atoms with Crippen LogP contribution in [0.25, 0.3) is 0 Å². The second-order valence-corrected chi connectivity index (χ2v) is 8.50. The molecular formula is C11H25O6PS2. The van der Waals surface area contributed by atoms with Crippen LogP contribution in [0.15, 0.2) is 0 Å². The van der Waals surface area contributed by atoms with Crippen LogP contribution in [0.2, 0.25) is 0 Å². The van der Waals surface area contributed by atoms with Crippen LogP contribution in [0.5, 0.6) is 0 Å². The van der Waals surface area contributed by atoms with Gasteiger partial charge in [-0.05, 0) is 12.8 Å². The molecule has 0 aliphatic carbocycles. The molecule has 6 nitrogen and oxygen atoms in total. The van der Waals surface area contributed by atoms with Crippen molar-refractivity contribution in [1.82, 2.24) is 0 Å². The van der Waals surface area contributed by atoms with Crippen LogP contribution in [0.4, 0.5) is 0 Å². The van der Waals surface area contributed by atoms with E-state index in [0.29, 0.717) is 26.4 Å². The number of rotatable bonds is 15. The average molecular weight is 348 g/mol. The highest BCUT2D eigenvalue weighted by atomic mass is 33.1. The molecule has 0 spiro atoms. The third kappa shape index (κ3) is 18.7. The summed E-state index contributed by atoms with van der Waals surface area (Å²) in [7, 11) is 0.246. The topological polar surface area (TPSA) is 85.2 Å². The lowest BCUT2D eigenvalue weighted by atomic mass is 10.5. The highest BCUT2D eigenvalue weighted by molar-refractivity contribution is 8.76. The maximum atomic E-state index is 10.8. The Kier molecular flexibility index (Phi) is 15.2. The minimum Gasteiger partial charge on any atom is -0.394 e. The molecule has 0 saturated carbocycles. The molecule has 20 heavy (non-hydrogen) atoms. The van der Waals surface area contributed by atoms with Crippen molar-refractivity contribution < 1.29 is 28.6 Å². The van der Waals surface area contributed by atoms with Crippen molar-refractivity contribution in [2.75, 3.05) is 57.8 Å². The maximum Gasteiger partial charge on any atom is 0.325 e. The van der Waals surface area contributed by atoms with Crippen LogP contribution >= 0.6 is 29.2 Å². The Morgan fingerprint density at radius 2 is 1.50 bits per heavy atom. The van der Waals surface area contributed by atoms with E-state index in [1.807, 2.05) is 0 Å². The minimum absolute atomic E-state index is 0.0844. The van der Waals surface area contributed by atoms with Gasteiger partial charge in [-0.2, -0.15) is 0 Å². The summed E-state index contributed by atoms with van der Waals surface area (Å²) in [5, 5.41) is 8.50. The minimum atomic E-state index is -3.36. The van der Waals surface area contributed by atoms with Crippen LogP contribution in [0.1, 0.15) is 12.8 Å². The van der Waals surface area contributed by atoms with Gasteiger partial charge in [0.15, 0.2) is 0 Å². The average Bonchev–Trinajstić information content (AvgIpc) is 2.38. The van der Waals surface area contributed by atoms with Crippen LogP contribution in [0, 0.1) is 0 Å². The monoisotopic (exact) mass is 348 g/mol. The molecule has 0 aliphatic rings. The van der Waals surface area contributed by atoms with Gasteiger partial charge in [-0.1, -0.05) is 21.6 Å². The largest absolute Gasteiger partial charge is 0.394 e. The van der Waals surface area contributed by atoms with E-state index in [-0.39, 0.29) is 13.2 Å². The van der Waals surface area contributed by atoms with Crippen molar-refractivity contribution >= 4 is 29.2 Å². The van der Waals surface area contributed by atoms with Crippen LogP contribution in [-0.4, -0.2) is 67.8 Å². The lowest BCUT2D eigenvalue weighted by molar-refractivity contribution is 0.0933. The molecule has 122 valence electrons. The molecule has 0 aliphatic heterocycles. The molecule has 0 aromatic carbocycles. The molecule has 0 amide bonds. The third-order valence-corrected chi connectivity index (χ3v) is 5.15. The molecule has 1 unspecified atom stereocenters. The summed E-state index contributed by atoms with van der Waals surface area (Å²) in [6.07, 6.45) is 1.94. The van der Waals surface area contributed by atoms with E-state index in [1.54, 1.807) is 21.6 Å². The van der Waals surface area contributed by atoms with Gasteiger partial charge in [0.1, 0.15) is 0 Å². The molecule has 0 fully saturated rings. The summed E-state index contributed by atoms with van der Waals surface area (Å²) < 4.78 is 25.9. The molecule has 0 saturated heterocycles. The number of aliphatic hydroxyl groups is 1. The lowest BCUT2D eigenvalue weighted by Crippen LogP contribution is -2.04. The molecule has 0 aromatic rings. The molecule has 9 heteroatoms. The zero-order valence-corrected chi connectivity index (χ0v) is 14.4. The fourth-order valence-electron chi connectivity index (χ4n) is 1.09. The predicted octanol–water partition coefficient (Wildman–Crippen LogP) is 2.01. The van der Waals surface area contributed by atoms with Gasteiger partial charge in [0.05, 0.1) is 26.4 Å². The number of hydrogen-bond acceptors (Lipinski definition) is 7. The SMILES string of the molecule is CP(=O)(O)OCCOCCCSSCCCOCCO. The standard InChI is InChI=1S/C11H25O6PS2/c1-18(13,14)17-9-8-16-6-3-11-20-19-10-2-5-15-7-4-12/h12H,2-11H2,1H3,(H,13,14). The van der Waals surface area contributed by atoms with Gasteiger partial charge < -0.3 is 24.0 Å². The lowest BCUT2D eigenvalue weighted by Gasteiger charge is -2.07. The Labute approximate surface area is 128 Å². The van der Waals surface area contributed by atoms with Gasteiger partial charge in [0.25, 0.3) is 0 Å². The van der Waals surface area contributed by atoms with Crippen molar-refractivity contribution in [2.45, 2.75) is 12.8 Å². The van der Waals surface area contributed by atoms with E-state index in [4.69, 9.17) is 19.5 Å². The number of aliphatic hydroxyl groups excluding tert-OH is 1. The van der Waals surface area contributed by atoms with E-state index in [2.05, 4.69) is 4.52 Å².